The third kappa shape index (κ3) is 5.75. The van der Waals surface area contributed by atoms with Gasteiger partial charge in [-0.05, 0) is 60.9 Å². The molecule has 0 aliphatic heterocycles. The zero-order chi connectivity index (χ0) is 29.9. The van der Waals surface area contributed by atoms with E-state index in [0.717, 1.165) is 5.39 Å². The summed E-state index contributed by atoms with van der Waals surface area (Å²) < 4.78 is 29.8. The Labute approximate surface area is 241 Å². The largest absolute Gasteiger partial charge is 0.343 e. The number of hydrogen-bond acceptors (Lipinski definition) is 8. The third-order valence-corrected chi connectivity index (χ3v) is 8.35. The Hall–Kier alpha value is -4.97. The molecule has 11 nitrogen and oxygen atoms in total. The Kier molecular flexibility index (Phi) is 8.07. The molecule has 42 heavy (non-hydrogen) atoms. The molecule has 0 radical (unpaired) electrons. The molecule has 0 saturated heterocycles. The van der Waals surface area contributed by atoms with E-state index in [1.54, 1.807) is 56.3 Å². The van der Waals surface area contributed by atoms with Crippen LogP contribution < -0.4 is 10.3 Å². The van der Waals surface area contributed by atoms with Crippen molar-refractivity contribution in [1.82, 2.24) is 29.1 Å². The summed E-state index contributed by atoms with van der Waals surface area (Å²) in [7, 11) is -4.25. The molecule has 2 amide bonds. The van der Waals surface area contributed by atoms with Crippen molar-refractivity contribution in [3.63, 3.8) is 0 Å². The highest BCUT2D eigenvalue weighted by Gasteiger charge is 2.33. The van der Waals surface area contributed by atoms with Crippen LogP contribution in [0, 0.1) is 5.92 Å². The number of hydrogen-bond donors (Lipinski definition) is 1. The van der Waals surface area contributed by atoms with Gasteiger partial charge in [0.2, 0.25) is 11.8 Å². The van der Waals surface area contributed by atoms with Crippen LogP contribution in [0.3, 0.4) is 0 Å². The molecule has 2 heterocycles. The lowest BCUT2D eigenvalue weighted by Gasteiger charge is -2.25. The molecule has 0 spiro atoms. The van der Waals surface area contributed by atoms with Gasteiger partial charge in [-0.1, -0.05) is 42.5 Å². The first-order valence-electron chi connectivity index (χ1n) is 13.3. The number of amides is 2. The maximum atomic E-state index is 13.4. The first-order valence-corrected chi connectivity index (χ1v) is 14.8. The fourth-order valence-electron chi connectivity index (χ4n) is 4.71. The van der Waals surface area contributed by atoms with Crippen LogP contribution in [0.25, 0.3) is 27.6 Å². The minimum absolute atomic E-state index is 0.0506. The number of rotatable bonds is 9. The molecule has 0 fully saturated rings. The number of fused-ring (bicyclic) bond motifs is 2. The first kappa shape index (κ1) is 28.6. The summed E-state index contributed by atoms with van der Waals surface area (Å²) >= 11 is 0. The summed E-state index contributed by atoms with van der Waals surface area (Å²) in [5.41, 5.74) is 1.06. The van der Waals surface area contributed by atoms with E-state index >= 15 is 0 Å². The molecule has 12 heteroatoms. The predicted octanol–water partition coefficient (Wildman–Crippen LogP) is 2.86. The van der Waals surface area contributed by atoms with E-state index in [1.807, 2.05) is 12.1 Å². The maximum Gasteiger partial charge on any atom is 0.286 e. The van der Waals surface area contributed by atoms with Crippen molar-refractivity contribution in [2.75, 3.05) is 13.1 Å². The van der Waals surface area contributed by atoms with E-state index in [4.69, 9.17) is 0 Å². The summed E-state index contributed by atoms with van der Waals surface area (Å²) in [6.07, 6.45) is 4.17. The molecule has 0 aliphatic carbocycles. The quantitative estimate of drug-likeness (QED) is 0.261. The van der Waals surface area contributed by atoms with Crippen LogP contribution in [0.4, 0.5) is 0 Å². The summed E-state index contributed by atoms with van der Waals surface area (Å²) in [4.78, 5) is 53.4. The number of sulfonamides is 1. The highest BCUT2D eigenvalue weighted by atomic mass is 32.2. The van der Waals surface area contributed by atoms with E-state index in [2.05, 4.69) is 19.7 Å². The van der Waals surface area contributed by atoms with Crippen molar-refractivity contribution in [1.29, 1.82) is 0 Å². The van der Waals surface area contributed by atoms with Gasteiger partial charge < -0.3 is 4.90 Å². The second-order valence-electron chi connectivity index (χ2n) is 9.56. The van der Waals surface area contributed by atoms with Gasteiger partial charge in [0.05, 0.1) is 10.6 Å². The number of nitrogens with one attached hydrogen (secondary N) is 1. The third-order valence-electron chi connectivity index (χ3n) is 7.01. The first-order chi connectivity index (χ1) is 20.2. The van der Waals surface area contributed by atoms with E-state index in [1.165, 1.54) is 40.3 Å². The van der Waals surface area contributed by atoms with Crippen molar-refractivity contribution < 1.29 is 18.0 Å². The lowest BCUT2D eigenvalue weighted by molar-refractivity contribution is -0.141. The SMILES string of the molecule is CCN(CC)C(=O)C(Cc1ccc(-n2cnc3nccnc3c2=O)cc1)C(=O)NS(=O)(=O)c1ccc2ccccc2c1. The van der Waals surface area contributed by atoms with Gasteiger partial charge in [0, 0.05) is 25.5 Å². The molecule has 0 bridgehead atoms. The summed E-state index contributed by atoms with van der Waals surface area (Å²) in [6, 6.07) is 18.5. The molecule has 1 unspecified atom stereocenters. The summed E-state index contributed by atoms with van der Waals surface area (Å²) in [5, 5.41) is 1.56. The van der Waals surface area contributed by atoms with Crippen LogP contribution in [-0.2, 0) is 26.0 Å². The molecule has 5 rings (SSSR count). The molecule has 5 aromatic rings. The Morgan fingerprint density at radius 1 is 0.905 bits per heavy atom. The van der Waals surface area contributed by atoms with Gasteiger partial charge in [-0.3, -0.25) is 19.0 Å². The van der Waals surface area contributed by atoms with E-state index in [0.29, 0.717) is 29.7 Å². The average Bonchev–Trinajstić information content (AvgIpc) is 3.00. The molecule has 0 saturated carbocycles. The smallest absolute Gasteiger partial charge is 0.286 e. The van der Waals surface area contributed by atoms with Crippen molar-refractivity contribution in [3.8, 4) is 5.69 Å². The number of aromatic nitrogens is 4. The number of benzene rings is 3. The number of carbonyl (C=O) groups excluding carboxylic acids is 2. The molecule has 3 aromatic carbocycles. The molecule has 2 aromatic heterocycles. The second kappa shape index (κ2) is 11.9. The van der Waals surface area contributed by atoms with Crippen molar-refractivity contribution >= 4 is 43.8 Å². The van der Waals surface area contributed by atoms with Crippen LogP contribution in [-0.4, -0.2) is 57.7 Å². The van der Waals surface area contributed by atoms with Crippen molar-refractivity contribution in [3.05, 3.63) is 101 Å². The highest BCUT2D eigenvalue weighted by molar-refractivity contribution is 7.90. The maximum absolute atomic E-state index is 13.4. The van der Waals surface area contributed by atoms with Crippen LogP contribution in [0.2, 0.25) is 0 Å². The molecule has 1 N–H and O–H groups in total. The summed E-state index contributed by atoms with van der Waals surface area (Å²) in [6.45, 7) is 4.29. The normalized spacial score (nSPS) is 12.2. The minimum atomic E-state index is -4.25. The monoisotopic (exact) mass is 584 g/mol. The fourth-order valence-corrected chi connectivity index (χ4v) is 5.77. The molecular weight excluding hydrogens is 556 g/mol. The van der Waals surface area contributed by atoms with Crippen LogP contribution in [0.5, 0.6) is 0 Å². The minimum Gasteiger partial charge on any atom is -0.343 e. The van der Waals surface area contributed by atoms with Gasteiger partial charge in [0.15, 0.2) is 11.2 Å². The van der Waals surface area contributed by atoms with Gasteiger partial charge in [-0.15, -0.1) is 0 Å². The Bertz CT molecular complexity index is 1950. The molecule has 1 atom stereocenters. The average molecular weight is 585 g/mol. The molecule has 0 aliphatic rings. The highest BCUT2D eigenvalue weighted by Crippen LogP contribution is 2.21. The lowest BCUT2D eigenvalue weighted by atomic mass is 9.97. The standard InChI is InChI=1S/C30H28N6O5S/c1-3-35(4-2)29(38)25(28(37)34-42(40,41)24-14-11-21-7-5-6-8-22(21)18-24)17-20-9-12-23(13-10-20)36-19-33-27-26(30(36)39)31-15-16-32-27/h5-16,18-19,25H,3-4,17H2,1-2H3,(H,34,37). The van der Waals surface area contributed by atoms with Crippen LogP contribution in [0.1, 0.15) is 19.4 Å². The number of nitrogens with zero attached hydrogens (tertiary/aromatic N) is 5. The predicted molar refractivity (Wildman–Crippen MR) is 157 cm³/mol. The zero-order valence-corrected chi connectivity index (χ0v) is 23.8. The second-order valence-corrected chi connectivity index (χ2v) is 11.2. The van der Waals surface area contributed by atoms with E-state index in [9.17, 15) is 22.8 Å². The Morgan fingerprint density at radius 2 is 1.60 bits per heavy atom. The molecule has 214 valence electrons. The van der Waals surface area contributed by atoms with Gasteiger partial charge in [-0.2, -0.15) is 0 Å². The van der Waals surface area contributed by atoms with Crippen molar-refractivity contribution in [2.45, 2.75) is 25.2 Å². The van der Waals surface area contributed by atoms with Gasteiger partial charge in [0.25, 0.3) is 15.6 Å². The zero-order valence-electron chi connectivity index (χ0n) is 23.0. The van der Waals surface area contributed by atoms with Gasteiger partial charge >= 0.3 is 0 Å². The Balaban J connectivity index is 1.41. The molecular formula is C30H28N6O5S. The van der Waals surface area contributed by atoms with Gasteiger partial charge in [0.1, 0.15) is 12.2 Å². The number of carbonyl (C=O) groups is 2. The van der Waals surface area contributed by atoms with Crippen LogP contribution in [0.15, 0.2) is 95.1 Å². The van der Waals surface area contributed by atoms with Crippen LogP contribution >= 0.6 is 0 Å². The van der Waals surface area contributed by atoms with Gasteiger partial charge in [-0.25, -0.2) is 28.1 Å². The lowest BCUT2D eigenvalue weighted by Crippen LogP contribution is -2.46. The fraction of sp³-hybridized carbons (Fsp3) is 0.200. The van der Waals surface area contributed by atoms with E-state index in [-0.39, 0.29) is 22.5 Å². The Morgan fingerprint density at radius 3 is 2.31 bits per heavy atom. The topological polar surface area (TPSA) is 144 Å². The van der Waals surface area contributed by atoms with E-state index < -0.39 is 33.3 Å². The summed E-state index contributed by atoms with van der Waals surface area (Å²) in [5.74, 6) is -2.70. The van der Waals surface area contributed by atoms with Crippen molar-refractivity contribution in [2.24, 2.45) is 5.92 Å².